The van der Waals surface area contributed by atoms with Crippen molar-refractivity contribution >= 4 is 5.97 Å². The third-order valence-electron chi connectivity index (χ3n) is 3.82. The molecule has 1 heterocycles. The normalized spacial score (nSPS) is 25.5. The van der Waals surface area contributed by atoms with Crippen LogP contribution in [0.3, 0.4) is 0 Å². The summed E-state index contributed by atoms with van der Waals surface area (Å²) < 4.78 is 0. The lowest BCUT2D eigenvalue weighted by Gasteiger charge is -2.49. The van der Waals surface area contributed by atoms with Crippen molar-refractivity contribution in [2.24, 2.45) is 5.41 Å². The molecule has 2 rings (SSSR count). The molecule has 0 aliphatic heterocycles. The topological polar surface area (TPSA) is 82.5 Å². The Kier molecular flexibility index (Phi) is 3.36. The maximum atomic E-state index is 10.7. The number of carbonyl (C=O) groups is 1. The molecule has 0 radical (unpaired) electrons. The van der Waals surface area contributed by atoms with Crippen molar-refractivity contribution in [2.45, 2.75) is 39.0 Å². The highest BCUT2D eigenvalue weighted by molar-refractivity contribution is 5.87. The molecule has 3 N–H and O–H groups in total. The van der Waals surface area contributed by atoms with Gasteiger partial charge in [-0.3, -0.25) is 4.98 Å². The van der Waals surface area contributed by atoms with Gasteiger partial charge in [0.2, 0.25) is 0 Å². The fourth-order valence-electron chi connectivity index (χ4n) is 2.13. The zero-order valence-corrected chi connectivity index (χ0v) is 10.6. The Labute approximate surface area is 106 Å². The van der Waals surface area contributed by atoms with Gasteiger partial charge in [0.05, 0.1) is 17.4 Å². The number of aliphatic hydroxyl groups is 1. The molecule has 2 unspecified atom stereocenters. The van der Waals surface area contributed by atoms with Crippen LogP contribution in [-0.2, 0) is 6.54 Å². The molecule has 0 saturated heterocycles. The zero-order valence-electron chi connectivity index (χ0n) is 10.6. The van der Waals surface area contributed by atoms with E-state index in [4.69, 9.17) is 5.11 Å². The average Bonchev–Trinajstić information content (AvgIpc) is 2.34. The maximum Gasteiger partial charge on any atom is 0.337 e. The molecular weight excluding hydrogens is 232 g/mol. The average molecular weight is 250 g/mol. The molecule has 1 aromatic heterocycles. The monoisotopic (exact) mass is 250 g/mol. The number of pyridine rings is 1. The van der Waals surface area contributed by atoms with Crippen LogP contribution in [0, 0.1) is 5.41 Å². The van der Waals surface area contributed by atoms with Crippen molar-refractivity contribution in [3.8, 4) is 0 Å². The van der Waals surface area contributed by atoms with Gasteiger partial charge in [-0.15, -0.1) is 0 Å². The number of aromatic nitrogens is 1. The molecular formula is C13H18N2O3. The standard InChI is InChI=1S/C13H18N2O3/c1-13(2)10(5-11(13)16)15-7-9-4-3-8(6-14-9)12(17)18/h3-4,6,10-11,15-16H,5,7H2,1-2H3,(H,17,18). The van der Waals surface area contributed by atoms with E-state index in [1.807, 2.05) is 13.8 Å². The summed E-state index contributed by atoms with van der Waals surface area (Å²) >= 11 is 0. The summed E-state index contributed by atoms with van der Waals surface area (Å²) in [6, 6.07) is 3.53. The van der Waals surface area contributed by atoms with E-state index in [9.17, 15) is 9.90 Å². The van der Waals surface area contributed by atoms with E-state index in [2.05, 4.69) is 10.3 Å². The molecule has 1 aliphatic carbocycles. The van der Waals surface area contributed by atoms with Crippen molar-refractivity contribution < 1.29 is 15.0 Å². The molecule has 1 aromatic rings. The van der Waals surface area contributed by atoms with Crippen molar-refractivity contribution in [3.05, 3.63) is 29.6 Å². The molecule has 0 spiro atoms. The molecule has 98 valence electrons. The first-order valence-corrected chi connectivity index (χ1v) is 6.01. The van der Waals surface area contributed by atoms with Gasteiger partial charge in [-0.2, -0.15) is 0 Å². The molecule has 1 saturated carbocycles. The number of aromatic carboxylic acids is 1. The lowest BCUT2D eigenvalue weighted by Crippen LogP contribution is -2.59. The van der Waals surface area contributed by atoms with E-state index in [1.54, 1.807) is 12.1 Å². The number of rotatable bonds is 4. The Morgan fingerprint density at radius 2 is 2.28 bits per heavy atom. The van der Waals surface area contributed by atoms with Crippen LogP contribution in [0.2, 0.25) is 0 Å². The number of carboxylic acid groups (broad SMARTS) is 1. The molecule has 1 aliphatic rings. The molecule has 2 atom stereocenters. The first-order chi connectivity index (χ1) is 8.41. The second kappa shape index (κ2) is 4.66. The van der Waals surface area contributed by atoms with Crippen LogP contribution in [0.25, 0.3) is 0 Å². The molecule has 5 nitrogen and oxygen atoms in total. The van der Waals surface area contributed by atoms with Crippen LogP contribution in [0.15, 0.2) is 18.3 Å². The Bertz CT molecular complexity index is 442. The minimum absolute atomic E-state index is 0.110. The van der Waals surface area contributed by atoms with Crippen LogP contribution in [0.4, 0.5) is 0 Å². The predicted octanol–water partition coefficient (Wildman–Crippen LogP) is 1.03. The highest BCUT2D eigenvalue weighted by Gasteiger charge is 2.46. The van der Waals surface area contributed by atoms with E-state index in [0.29, 0.717) is 6.54 Å². The summed E-state index contributed by atoms with van der Waals surface area (Å²) in [6.45, 7) is 4.64. The van der Waals surface area contributed by atoms with Crippen LogP contribution in [-0.4, -0.2) is 33.3 Å². The van der Waals surface area contributed by atoms with Gasteiger partial charge < -0.3 is 15.5 Å². The van der Waals surface area contributed by atoms with Crippen LogP contribution >= 0.6 is 0 Å². The largest absolute Gasteiger partial charge is 0.478 e. The minimum Gasteiger partial charge on any atom is -0.478 e. The van der Waals surface area contributed by atoms with Gasteiger partial charge in [0, 0.05) is 24.2 Å². The van der Waals surface area contributed by atoms with Gasteiger partial charge in [-0.25, -0.2) is 4.79 Å². The number of hydrogen-bond acceptors (Lipinski definition) is 4. The Hall–Kier alpha value is -1.46. The number of hydrogen-bond donors (Lipinski definition) is 3. The number of carboxylic acids is 1. The summed E-state index contributed by atoms with van der Waals surface area (Å²) in [5.41, 5.74) is 0.886. The minimum atomic E-state index is -0.967. The van der Waals surface area contributed by atoms with Gasteiger partial charge >= 0.3 is 5.97 Å². The van der Waals surface area contributed by atoms with Crippen molar-refractivity contribution in [1.29, 1.82) is 0 Å². The Morgan fingerprint density at radius 3 is 2.72 bits per heavy atom. The smallest absolute Gasteiger partial charge is 0.337 e. The molecule has 0 bridgehead atoms. The summed E-state index contributed by atoms with van der Waals surface area (Å²) in [5.74, 6) is -0.967. The molecule has 5 heteroatoms. The Morgan fingerprint density at radius 1 is 1.56 bits per heavy atom. The Balaban J connectivity index is 1.90. The molecule has 0 aromatic carbocycles. The summed E-state index contributed by atoms with van der Waals surface area (Å²) in [4.78, 5) is 14.8. The number of nitrogens with one attached hydrogen (secondary N) is 1. The third kappa shape index (κ3) is 2.37. The van der Waals surface area contributed by atoms with Gasteiger partial charge in [-0.05, 0) is 18.6 Å². The molecule has 18 heavy (non-hydrogen) atoms. The van der Waals surface area contributed by atoms with Crippen LogP contribution in [0.5, 0.6) is 0 Å². The SMILES string of the molecule is CC1(C)C(O)CC1NCc1ccc(C(=O)O)cn1. The lowest BCUT2D eigenvalue weighted by molar-refractivity contribution is -0.0730. The fraction of sp³-hybridized carbons (Fsp3) is 0.538. The van der Waals surface area contributed by atoms with Crippen LogP contribution in [0.1, 0.15) is 36.3 Å². The molecule has 1 fully saturated rings. The maximum absolute atomic E-state index is 10.7. The van der Waals surface area contributed by atoms with E-state index in [-0.39, 0.29) is 23.1 Å². The van der Waals surface area contributed by atoms with E-state index < -0.39 is 5.97 Å². The predicted molar refractivity (Wildman–Crippen MR) is 66.2 cm³/mol. The lowest BCUT2D eigenvalue weighted by atomic mass is 9.64. The van der Waals surface area contributed by atoms with Gasteiger partial charge in [0.1, 0.15) is 0 Å². The van der Waals surface area contributed by atoms with Crippen molar-refractivity contribution in [1.82, 2.24) is 10.3 Å². The number of nitrogens with zero attached hydrogens (tertiary/aromatic N) is 1. The van der Waals surface area contributed by atoms with Gasteiger partial charge in [-0.1, -0.05) is 13.8 Å². The summed E-state index contributed by atoms with van der Waals surface area (Å²) in [5, 5.41) is 21.7. The second-order valence-electron chi connectivity index (χ2n) is 5.35. The summed E-state index contributed by atoms with van der Waals surface area (Å²) in [6.07, 6.45) is 1.86. The van der Waals surface area contributed by atoms with Gasteiger partial charge in [0.15, 0.2) is 0 Å². The second-order valence-corrected chi connectivity index (χ2v) is 5.35. The summed E-state index contributed by atoms with van der Waals surface area (Å²) in [7, 11) is 0. The number of aliphatic hydroxyl groups excluding tert-OH is 1. The van der Waals surface area contributed by atoms with Crippen molar-refractivity contribution in [3.63, 3.8) is 0 Å². The van der Waals surface area contributed by atoms with Crippen molar-refractivity contribution in [2.75, 3.05) is 0 Å². The third-order valence-corrected chi connectivity index (χ3v) is 3.82. The van der Waals surface area contributed by atoms with E-state index >= 15 is 0 Å². The fourth-order valence-corrected chi connectivity index (χ4v) is 2.13. The van der Waals surface area contributed by atoms with Crippen LogP contribution < -0.4 is 5.32 Å². The van der Waals surface area contributed by atoms with E-state index in [1.165, 1.54) is 6.20 Å². The first kappa shape index (κ1) is 13.0. The van der Waals surface area contributed by atoms with Gasteiger partial charge in [0.25, 0.3) is 0 Å². The highest BCUT2D eigenvalue weighted by Crippen LogP contribution is 2.40. The first-order valence-electron chi connectivity index (χ1n) is 6.01. The quantitative estimate of drug-likeness (QED) is 0.743. The zero-order chi connectivity index (χ0) is 13.3. The highest BCUT2D eigenvalue weighted by atomic mass is 16.4. The molecule has 0 amide bonds. The van der Waals surface area contributed by atoms with E-state index in [0.717, 1.165) is 12.1 Å².